The first-order valence-corrected chi connectivity index (χ1v) is 8.06. The quantitative estimate of drug-likeness (QED) is 0.441. The van der Waals surface area contributed by atoms with Crippen molar-refractivity contribution in [3.05, 3.63) is 35.9 Å². The molecule has 1 unspecified atom stereocenters. The number of guanidine groups is 1. The van der Waals surface area contributed by atoms with Gasteiger partial charge in [-0.2, -0.15) is 0 Å². The minimum atomic E-state index is 0. The fraction of sp³-hybridized carbons (Fsp3) is 0.588. The third kappa shape index (κ3) is 6.12. The predicted molar refractivity (Wildman–Crippen MR) is 105 cm³/mol. The number of rotatable bonds is 5. The van der Waals surface area contributed by atoms with E-state index in [1.807, 2.05) is 13.1 Å². The van der Waals surface area contributed by atoms with Crippen LogP contribution in [0.5, 0.6) is 0 Å². The first-order valence-electron chi connectivity index (χ1n) is 8.06. The number of halogens is 1. The molecule has 0 amide bonds. The summed E-state index contributed by atoms with van der Waals surface area (Å²) in [6.45, 7) is 6.41. The fourth-order valence-electron chi connectivity index (χ4n) is 2.92. The zero-order valence-corrected chi connectivity index (χ0v) is 16.0. The van der Waals surface area contributed by atoms with E-state index in [4.69, 9.17) is 0 Å². The molecule has 1 atom stereocenters. The molecule has 4 nitrogen and oxygen atoms in total. The highest BCUT2D eigenvalue weighted by atomic mass is 127. The van der Waals surface area contributed by atoms with Crippen molar-refractivity contribution < 1.29 is 0 Å². The van der Waals surface area contributed by atoms with Crippen molar-refractivity contribution >= 4 is 29.9 Å². The van der Waals surface area contributed by atoms with Crippen LogP contribution in [0, 0.1) is 0 Å². The molecule has 2 rings (SSSR count). The monoisotopic (exact) mass is 416 g/mol. The molecular weight excluding hydrogens is 387 g/mol. The number of hydrogen-bond donors (Lipinski definition) is 2. The first-order chi connectivity index (χ1) is 10.3. The lowest BCUT2D eigenvalue weighted by atomic mass is 10.0. The molecule has 1 heterocycles. The van der Waals surface area contributed by atoms with E-state index < -0.39 is 0 Å². The van der Waals surface area contributed by atoms with Crippen molar-refractivity contribution in [3.63, 3.8) is 0 Å². The van der Waals surface area contributed by atoms with Crippen molar-refractivity contribution in [1.82, 2.24) is 15.5 Å². The van der Waals surface area contributed by atoms with Crippen molar-refractivity contribution in [2.24, 2.45) is 4.99 Å². The van der Waals surface area contributed by atoms with E-state index in [1.54, 1.807) is 0 Å². The summed E-state index contributed by atoms with van der Waals surface area (Å²) in [6, 6.07) is 11.1. The van der Waals surface area contributed by atoms with Gasteiger partial charge >= 0.3 is 0 Å². The summed E-state index contributed by atoms with van der Waals surface area (Å²) < 4.78 is 0. The van der Waals surface area contributed by atoms with Crippen LogP contribution in [0.1, 0.15) is 31.7 Å². The number of likely N-dealkylation sites (tertiary alicyclic amines) is 1. The maximum absolute atomic E-state index is 4.31. The molecule has 0 spiro atoms. The summed E-state index contributed by atoms with van der Waals surface area (Å²) in [4.78, 5) is 6.88. The Morgan fingerprint density at radius 3 is 2.68 bits per heavy atom. The lowest BCUT2D eigenvalue weighted by Crippen LogP contribution is -2.48. The number of aliphatic imine (C=N–C) groups is 1. The van der Waals surface area contributed by atoms with E-state index in [-0.39, 0.29) is 24.0 Å². The van der Waals surface area contributed by atoms with Crippen LogP contribution in [0.3, 0.4) is 0 Å². The normalized spacial score (nSPS) is 19.4. The molecule has 2 N–H and O–H groups in total. The summed E-state index contributed by atoms with van der Waals surface area (Å²) >= 11 is 0. The number of hydrogen-bond acceptors (Lipinski definition) is 2. The van der Waals surface area contributed by atoms with E-state index in [9.17, 15) is 0 Å². The number of nitrogens with zero attached hydrogens (tertiary/aromatic N) is 2. The molecule has 0 bridgehead atoms. The average molecular weight is 416 g/mol. The van der Waals surface area contributed by atoms with Gasteiger partial charge in [-0.1, -0.05) is 43.7 Å². The molecule has 22 heavy (non-hydrogen) atoms. The number of nitrogens with one attached hydrogen (secondary N) is 2. The molecule has 0 radical (unpaired) electrons. The highest BCUT2D eigenvalue weighted by Gasteiger charge is 2.20. The van der Waals surface area contributed by atoms with Crippen molar-refractivity contribution in [2.45, 2.75) is 38.8 Å². The predicted octanol–water partition coefficient (Wildman–Crippen LogP) is 2.84. The van der Waals surface area contributed by atoms with Crippen LogP contribution >= 0.6 is 24.0 Å². The summed E-state index contributed by atoms with van der Waals surface area (Å²) in [5, 5.41) is 6.85. The van der Waals surface area contributed by atoms with Gasteiger partial charge in [0.2, 0.25) is 0 Å². The first kappa shape index (κ1) is 19.2. The van der Waals surface area contributed by atoms with Gasteiger partial charge in [0.15, 0.2) is 5.96 Å². The zero-order valence-electron chi connectivity index (χ0n) is 13.7. The Balaban J connectivity index is 0.00000242. The molecule has 0 saturated carbocycles. The van der Waals surface area contributed by atoms with Gasteiger partial charge in [-0.25, -0.2) is 0 Å². The Morgan fingerprint density at radius 1 is 1.23 bits per heavy atom. The van der Waals surface area contributed by atoms with E-state index in [0.29, 0.717) is 6.04 Å². The Kier molecular flexibility index (Phi) is 9.47. The Hall–Kier alpha value is -0.820. The molecule has 1 aliphatic rings. The molecule has 1 saturated heterocycles. The summed E-state index contributed by atoms with van der Waals surface area (Å²) in [5.74, 6) is 0.889. The molecule has 1 aromatic carbocycles. The van der Waals surface area contributed by atoms with Crippen LogP contribution in [0.2, 0.25) is 0 Å². The molecular formula is C17H29IN4. The minimum absolute atomic E-state index is 0. The van der Waals surface area contributed by atoms with Crippen LogP contribution in [-0.4, -0.2) is 43.6 Å². The highest BCUT2D eigenvalue weighted by Crippen LogP contribution is 2.15. The molecule has 0 aliphatic carbocycles. The largest absolute Gasteiger partial charge is 0.355 e. The van der Waals surface area contributed by atoms with Crippen molar-refractivity contribution in [3.8, 4) is 0 Å². The lowest BCUT2D eigenvalue weighted by molar-refractivity contribution is 0.157. The maximum Gasteiger partial charge on any atom is 0.191 e. The smallest absolute Gasteiger partial charge is 0.191 e. The minimum Gasteiger partial charge on any atom is -0.355 e. The molecule has 1 aliphatic heterocycles. The van der Waals surface area contributed by atoms with Gasteiger partial charge in [0.05, 0.1) is 0 Å². The molecule has 1 aromatic rings. The Morgan fingerprint density at radius 2 is 2.00 bits per heavy atom. The van der Waals surface area contributed by atoms with Gasteiger partial charge < -0.3 is 10.6 Å². The second-order valence-electron chi connectivity index (χ2n) is 5.57. The van der Waals surface area contributed by atoms with Crippen LogP contribution < -0.4 is 10.6 Å². The number of likely N-dealkylation sites (N-methyl/N-ethyl adjacent to an activating group) is 1. The third-order valence-electron chi connectivity index (χ3n) is 4.19. The van der Waals surface area contributed by atoms with Crippen LogP contribution in [-0.2, 0) is 6.54 Å². The SMILES string of the molecule is CCN1CCCCC1CNC(=NC)NCc1ccccc1.I. The molecule has 124 valence electrons. The van der Waals surface area contributed by atoms with E-state index in [0.717, 1.165) is 25.6 Å². The van der Waals surface area contributed by atoms with Crippen molar-refractivity contribution in [1.29, 1.82) is 0 Å². The van der Waals surface area contributed by atoms with E-state index >= 15 is 0 Å². The summed E-state index contributed by atoms with van der Waals surface area (Å²) in [6.07, 6.45) is 3.97. The van der Waals surface area contributed by atoms with Crippen LogP contribution in [0.4, 0.5) is 0 Å². The molecule has 0 aromatic heterocycles. The van der Waals surface area contributed by atoms with Gasteiger partial charge in [0, 0.05) is 26.2 Å². The van der Waals surface area contributed by atoms with Crippen molar-refractivity contribution in [2.75, 3.05) is 26.7 Å². The van der Waals surface area contributed by atoms with Gasteiger partial charge in [-0.15, -0.1) is 24.0 Å². The summed E-state index contributed by atoms with van der Waals surface area (Å²) in [5.41, 5.74) is 1.27. The second-order valence-corrected chi connectivity index (χ2v) is 5.57. The second kappa shape index (κ2) is 10.8. The van der Waals surface area contributed by atoms with E-state index in [1.165, 1.54) is 31.4 Å². The van der Waals surface area contributed by atoms with Gasteiger partial charge in [0.1, 0.15) is 0 Å². The lowest BCUT2D eigenvalue weighted by Gasteiger charge is -2.35. The maximum atomic E-state index is 4.31. The van der Waals surface area contributed by atoms with Gasteiger partial charge in [-0.3, -0.25) is 9.89 Å². The standard InChI is InChI=1S/C17H28N4.HI/c1-3-21-12-8-7-11-16(21)14-20-17(18-2)19-13-15-9-5-4-6-10-15;/h4-6,9-10,16H,3,7-8,11-14H2,1-2H3,(H2,18,19,20);1H. The fourth-order valence-corrected chi connectivity index (χ4v) is 2.92. The number of benzene rings is 1. The van der Waals surface area contributed by atoms with Gasteiger partial charge in [0.25, 0.3) is 0 Å². The van der Waals surface area contributed by atoms with E-state index in [2.05, 4.69) is 51.7 Å². The molecule has 5 heteroatoms. The number of piperidine rings is 1. The topological polar surface area (TPSA) is 39.7 Å². The highest BCUT2D eigenvalue weighted by molar-refractivity contribution is 14.0. The van der Waals surface area contributed by atoms with Crippen LogP contribution in [0.25, 0.3) is 0 Å². The van der Waals surface area contributed by atoms with Gasteiger partial charge in [-0.05, 0) is 31.5 Å². The average Bonchev–Trinajstić information content (AvgIpc) is 2.56. The third-order valence-corrected chi connectivity index (χ3v) is 4.19. The Labute approximate surface area is 151 Å². The molecule has 1 fully saturated rings. The zero-order chi connectivity index (χ0) is 14.9. The Bertz CT molecular complexity index is 436. The summed E-state index contributed by atoms with van der Waals surface area (Å²) in [7, 11) is 1.83. The van der Waals surface area contributed by atoms with Crippen LogP contribution in [0.15, 0.2) is 35.3 Å².